The predicted molar refractivity (Wildman–Crippen MR) is 80.3 cm³/mol. The summed E-state index contributed by atoms with van der Waals surface area (Å²) >= 11 is 8.12. The predicted octanol–water partition coefficient (Wildman–Crippen LogP) is 2.96. The molecular formula is C11H18N2OS3. The van der Waals surface area contributed by atoms with Crippen LogP contribution in [-0.4, -0.2) is 26.5 Å². The molecule has 0 aromatic carbocycles. The molecule has 3 nitrogen and oxygen atoms in total. The van der Waals surface area contributed by atoms with Crippen LogP contribution < -0.4 is 5.32 Å². The van der Waals surface area contributed by atoms with E-state index in [2.05, 4.69) is 11.4 Å². The first kappa shape index (κ1) is 16.8. The van der Waals surface area contributed by atoms with E-state index < -0.39 is 4.75 Å². The van der Waals surface area contributed by atoms with Gasteiger partial charge in [-0.25, -0.2) is 0 Å². The maximum Gasteiger partial charge on any atom is 0.220 e. The normalized spacial score (nSPS) is 13.5. The molecule has 1 amide bonds. The molecule has 17 heavy (non-hydrogen) atoms. The lowest BCUT2D eigenvalue weighted by molar-refractivity contribution is -0.121. The minimum atomic E-state index is -0.607. The number of rotatable bonds is 6. The molecule has 0 rings (SSSR count). The van der Waals surface area contributed by atoms with E-state index in [9.17, 15) is 10.1 Å². The standard InChI is InChI=1S/C11H18N2OS3/c1-4-13-9(14)6-7-11(3,8-12)17-10(15)16-5-2/h4-7H2,1-3H3,(H,13,14). The zero-order valence-corrected chi connectivity index (χ0v) is 12.9. The van der Waals surface area contributed by atoms with Crippen molar-refractivity contribution in [2.75, 3.05) is 12.3 Å². The Hall–Kier alpha value is -0.250. The minimum absolute atomic E-state index is 0.0105. The molecule has 0 radical (unpaired) electrons. The van der Waals surface area contributed by atoms with Crippen molar-refractivity contribution < 1.29 is 4.79 Å². The van der Waals surface area contributed by atoms with Crippen LogP contribution in [0.3, 0.4) is 0 Å². The number of nitrogens with one attached hydrogen (secondary N) is 1. The minimum Gasteiger partial charge on any atom is -0.356 e. The summed E-state index contributed by atoms with van der Waals surface area (Å²) in [4.78, 5) is 11.3. The summed E-state index contributed by atoms with van der Waals surface area (Å²) in [6.07, 6.45) is 0.884. The van der Waals surface area contributed by atoms with Crippen molar-refractivity contribution in [1.29, 1.82) is 5.26 Å². The van der Waals surface area contributed by atoms with Gasteiger partial charge >= 0.3 is 0 Å². The lowest BCUT2D eigenvalue weighted by Crippen LogP contribution is -2.27. The maximum atomic E-state index is 11.3. The highest BCUT2D eigenvalue weighted by Crippen LogP contribution is 2.34. The van der Waals surface area contributed by atoms with E-state index in [4.69, 9.17) is 12.2 Å². The number of nitriles is 1. The number of carbonyl (C=O) groups excluding carboxylic acids is 1. The molecule has 0 saturated carbocycles. The molecule has 1 atom stereocenters. The van der Waals surface area contributed by atoms with Gasteiger partial charge in [0.15, 0.2) is 0 Å². The third kappa shape index (κ3) is 7.63. The molecule has 0 aromatic rings. The lowest BCUT2D eigenvalue weighted by atomic mass is 10.1. The van der Waals surface area contributed by atoms with Crippen molar-refractivity contribution in [3.8, 4) is 6.07 Å². The Balaban J connectivity index is 4.24. The summed E-state index contributed by atoms with van der Waals surface area (Å²) < 4.78 is 0.164. The Labute approximate surface area is 117 Å². The molecule has 1 unspecified atom stereocenters. The average molecular weight is 290 g/mol. The first-order chi connectivity index (χ1) is 7.97. The average Bonchev–Trinajstić information content (AvgIpc) is 2.27. The molecule has 0 aromatic heterocycles. The van der Waals surface area contributed by atoms with Crippen LogP contribution in [-0.2, 0) is 4.79 Å². The Morgan fingerprint density at radius 2 is 2.18 bits per heavy atom. The summed E-state index contributed by atoms with van der Waals surface area (Å²) in [6.45, 7) is 6.36. The van der Waals surface area contributed by atoms with Crippen LogP contribution in [0.15, 0.2) is 0 Å². The number of carbonyl (C=O) groups is 1. The van der Waals surface area contributed by atoms with Gasteiger partial charge in [0.25, 0.3) is 0 Å². The molecule has 1 N–H and O–H groups in total. The summed E-state index contributed by atoms with van der Waals surface area (Å²) in [6, 6.07) is 2.25. The molecule has 0 heterocycles. The Morgan fingerprint density at radius 3 is 2.65 bits per heavy atom. The highest BCUT2D eigenvalue weighted by Gasteiger charge is 2.27. The molecule has 0 aliphatic heterocycles. The van der Waals surface area contributed by atoms with Crippen molar-refractivity contribution in [2.24, 2.45) is 0 Å². The van der Waals surface area contributed by atoms with Gasteiger partial charge < -0.3 is 5.32 Å². The number of amides is 1. The van der Waals surface area contributed by atoms with E-state index in [1.54, 1.807) is 11.8 Å². The Kier molecular flexibility index (Phi) is 8.66. The molecule has 96 valence electrons. The van der Waals surface area contributed by atoms with Gasteiger partial charge in [-0.05, 0) is 26.0 Å². The van der Waals surface area contributed by atoms with Crippen LogP contribution in [0.4, 0.5) is 0 Å². The third-order valence-corrected chi connectivity index (χ3v) is 4.65. The molecular weight excluding hydrogens is 272 g/mol. The SMILES string of the molecule is CCNC(=O)CCC(C)(C#N)SC(=S)SCC. The quantitative estimate of drug-likeness (QED) is 0.762. The highest BCUT2D eigenvalue weighted by molar-refractivity contribution is 8.47. The van der Waals surface area contributed by atoms with Crippen LogP contribution in [0, 0.1) is 11.3 Å². The van der Waals surface area contributed by atoms with E-state index in [0.29, 0.717) is 19.4 Å². The van der Waals surface area contributed by atoms with E-state index in [1.807, 2.05) is 20.8 Å². The second kappa shape index (κ2) is 8.78. The fourth-order valence-electron chi connectivity index (χ4n) is 1.10. The molecule has 6 heteroatoms. The van der Waals surface area contributed by atoms with Crippen LogP contribution in [0.5, 0.6) is 0 Å². The topological polar surface area (TPSA) is 52.9 Å². The van der Waals surface area contributed by atoms with Crippen molar-refractivity contribution in [1.82, 2.24) is 5.32 Å². The van der Waals surface area contributed by atoms with Crippen molar-refractivity contribution >= 4 is 45.2 Å². The van der Waals surface area contributed by atoms with Gasteiger partial charge in [-0.15, -0.1) is 11.8 Å². The fraction of sp³-hybridized carbons (Fsp3) is 0.727. The largest absolute Gasteiger partial charge is 0.356 e. The smallest absolute Gasteiger partial charge is 0.220 e. The number of nitrogens with zero attached hydrogens (tertiary/aromatic N) is 1. The van der Waals surface area contributed by atoms with Crippen LogP contribution in [0.1, 0.15) is 33.6 Å². The third-order valence-electron chi connectivity index (χ3n) is 2.01. The summed E-state index contributed by atoms with van der Waals surface area (Å²) in [5.41, 5.74) is 0. The van der Waals surface area contributed by atoms with E-state index in [1.165, 1.54) is 11.8 Å². The second-order valence-electron chi connectivity index (χ2n) is 3.58. The van der Waals surface area contributed by atoms with Gasteiger partial charge in [0.2, 0.25) is 5.91 Å². The summed E-state index contributed by atoms with van der Waals surface area (Å²) in [5.74, 6) is 0.896. The molecule has 0 saturated heterocycles. The fourth-order valence-corrected chi connectivity index (χ4v) is 4.00. The highest BCUT2D eigenvalue weighted by atomic mass is 32.2. The van der Waals surface area contributed by atoms with Crippen molar-refractivity contribution in [3.63, 3.8) is 0 Å². The zero-order valence-electron chi connectivity index (χ0n) is 10.4. The van der Waals surface area contributed by atoms with Gasteiger partial charge in [0.05, 0.1) is 6.07 Å². The second-order valence-corrected chi connectivity index (χ2v) is 7.55. The summed E-state index contributed by atoms with van der Waals surface area (Å²) in [5, 5.41) is 11.9. The van der Waals surface area contributed by atoms with Crippen LogP contribution in [0.25, 0.3) is 0 Å². The van der Waals surface area contributed by atoms with Crippen molar-refractivity contribution in [2.45, 2.75) is 38.4 Å². The monoisotopic (exact) mass is 290 g/mol. The first-order valence-corrected chi connectivity index (χ1v) is 7.72. The van der Waals surface area contributed by atoms with Gasteiger partial charge in [-0.1, -0.05) is 30.9 Å². The van der Waals surface area contributed by atoms with E-state index in [0.717, 1.165) is 9.28 Å². The van der Waals surface area contributed by atoms with Crippen LogP contribution in [0.2, 0.25) is 0 Å². The lowest BCUT2D eigenvalue weighted by Gasteiger charge is -2.20. The zero-order chi connectivity index (χ0) is 13.3. The van der Waals surface area contributed by atoms with Gasteiger partial charge in [0, 0.05) is 13.0 Å². The Morgan fingerprint density at radius 1 is 1.53 bits per heavy atom. The molecule has 0 aliphatic rings. The molecule has 0 fully saturated rings. The molecule has 0 bridgehead atoms. The van der Waals surface area contributed by atoms with Crippen molar-refractivity contribution in [3.05, 3.63) is 0 Å². The first-order valence-electron chi connectivity index (χ1n) is 5.51. The molecule has 0 aliphatic carbocycles. The summed E-state index contributed by atoms with van der Waals surface area (Å²) in [7, 11) is 0. The number of hydrogen-bond donors (Lipinski definition) is 1. The van der Waals surface area contributed by atoms with E-state index in [-0.39, 0.29) is 5.91 Å². The van der Waals surface area contributed by atoms with Gasteiger partial charge in [0.1, 0.15) is 8.28 Å². The van der Waals surface area contributed by atoms with Crippen LogP contribution >= 0.6 is 35.7 Å². The number of thiocarbonyl (C=S) groups is 1. The Bertz CT molecular complexity index is 314. The van der Waals surface area contributed by atoms with Gasteiger partial charge in [-0.2, -0.15) is 5.26 Å². The van der Waals surface area contributed by atoms with Gasteiger partial charge in [-0.3, -0.25) is 4.79 Å². The number of thioether (sulfide) groups is 2. The molecule has 0 spiro atoms. The van der Waals surface area contributed by atoms with E-state index >= 15 is 0 Å². The maximum absolute atomic E-state index is 11.3. The number of hydrogen-bond acceptors (Lipinski definition) is 5.